The van der Waals surface area contributed by atoms with Gasteiger partial charge in [-0.15, -0.1) is 0 Å². The fourth-order valence-corrected chi connectivity index (χ4v) is 2.41. The van der Waals surface area contributed by atoms with E-state index in [0.29, 0.717) is 23.7 Å². The summed E-state index contributed by atoms with van der Waals surface area (Å²) < 4.78 is 20.4. The van der Waals surface area contributed by atoms with Crippen molar-refractivity contribution < 1.29 is 38.4 Å². The number of alkyl carbamates (subject to hydrolysis) is 1. The first kappa shape index (κ1) is 22.1. The molecule has 0 radical (unpaired) electrons. The molecule has 0 aliphatic rings. The van der Waals surface area contributed by atoms with Crippen molar-refractivity contribution in [3.05, 3.63) is 23.8 Å². The van der Waals surface area contributed by atoms with Crippen molar-refractivity contribution in [1.82, 2.24) is 5.32 Å². The highest BCUT2D eigenvalue weighted by Crippen LogP contribution is 2.28. The number of hydrogen-bond donors (Lipinski definition) is 2. The first-order valence-electron chi connectivity index (χ1n) is 8.45. The topological polar surface area (TPSA) is 120 Å². The zero-order valence-electron chi connectivity index (χ0n) is 15.8. The number of benzene rings is 1. The Hall–Kier alpha value is -2.97. The lowest BCUT2D eigenvalue weighted by molar-refractivity contribution is -0.164. The third-order valence-electron chi connectivity index (χ3n) is 3.46. The number of rotatable bonds is 10. The molecule has 0 aliphatic carbocycles. The van der Waals surface area contributed by atoms with Gasteiger partial charge in [0.1, 0.15) is 0 Å². The average Bonchev–Trinajstić information content (AvgIpc) is 2.60. The van der Waals surface area contributed by atoms with Crippen LogP contribution in [0.5, 0.6) is 11.5 Å². The van der Waals surface area contributed by atoms with Gasteiger partial charge in [-0.1, -0.05) is 6.07 Å². The van der Waals surface area contributed by atoms with E-state index in [-0.39, 0.29) is 13.0 Å². The summed E-state index contributed by atoms with van der Waals surface area (Å²) in [6.07, 6.45) is -2.32. The Bertz CT molecular complexity index is 661. The van der Waals surface area contributed by atoms with Crippen LogP contribution in [0.15, 0.2) is 18.2 Å². The Morgan fingerprint density at radius 1 is 1.15 bits per heavy atom. The molecule has 2 unspecified atom stereocenters. The largest absolute Gasteiger partial charge is 0.493 e. The second-order valence-corrected chi connectivity index (χ2v) is 5.46. The number of carboxylic acids is 1. The summed E-state index contributed by atoms with van der Waals surface area (Å²) >= 11 is 0. The zero-order valence-corrected chi connectivity index (χ0v) is 15.8. The zero-order chi connectivity index (χ0) is 20.4. The molecule has 9 nitrogen and oxygen atoms in total. The number of carboxylic acid groups (broad SMARTS) is 1. The van der Waals surface area contributed by atoms with Gasteiger partial charge >= 0.3 is 18.0 Å². The molecule has 150 valence electrons. The molecule has 0 heterocycles. The molecular weight excluding hydrogens is 358 g/mol. The number of aliphatic carboxylic acids is 1. The highest BCUT2D eigenvalue weighted by Gasteiger charge is 2.33. The summed E-state index contributed by atoms with van der Waals surface area (Å²) in [5, 5.41) is 11.9. The van der Waals surface area contributed by atoms with Gasteiger partial charge in [-0.25, -0.2) is 9.59 Å². The fourth-order valence-electron chi connectivity index (χ4n) is 2.41. The Morgan fingerprint density at radius 2 is 1.85 bits per heavy atom. The Labute approximate surface area is 157 Å². The van der Waals surface area contributed by atoms with Crippen molar-refractivity contribution in [2.24, 2.45) is 0 Å². The van der Waals surface area contributed by atoms with Crippen molar-refractivity contribution in [2.75, 3.05) is 20.3 Å². The monoisotopic (exact) mass is 383 g/mol. The van der Waals surface area contributed by atoms with Crippen molar-refractivity contribution in [1.29, 1.82) is 0 Å². The van der Waals surface area contributed by atoms with E-state index < -0.39 is 30.2 Å². The first-order valence-corrected chi connectivity index (χ1v) is 8.45. The van der Waals surface area contributed by atoms with Crippen LogP contribution in [-0.2, 0) is 25.5 Å². The van der Waals surface area contributed by atoms with Crippen LogP contribution >= 0.6 is 0 Å². The predicted molar refractivity (Wildman–Crippen MR) is 95.0 cm³/mol. The number of methoxy groups -OCH3 is 1. The van der Waals surface area contributed by atoms with Gasteiger partial charge in [0.2, 0.25) is 6.10 Å². The van der Waals surface area contributed by atoms with Gasteiger partial charge in [-0.05, 0) is 38.0 Å². The van der Waals surface area contributed by atoms with Gasteiger partial charge < -0.3 is 29.4 Å². The maximum Gasteiger partial charge on any atom is 0.407 e. The summed E-state index contributed by atoms with van der Waals surface area (Å²) in [5.41, 5.74) is 0.649. The molecule has 27 heavy (non-hydrogen) atoms. The summed E-state index contributed by atoms with van der Waals surface area (Å²) in [6, 6.07) is 4.01. The van der Waals surface area contributed by atoms with Crippen molar-refractivity contribution in [3.8, 4) is 11.5 Å². The van der Waals surface area contributed by atoms with E-state index in [1.165, 1.54) is 7.11 Å². The number of esters is 1. The average molecular weight is 383 g/mol. The van der Waals surface area contributed by atoms with E-state index >= 15 is 0 Å². The van der Waals surface area contributed by atoms with Crippen LogP contribution in [0, 0.1) is 0 Å². The molecule has 0 spiro atoms. The van der Waals surface area contributed by atoms with E-state index in [2.05, 4.69) is 5.32 Å². The first-order chi connectivity index (χ1) is 12.8. The lowest BCUT2D eigenvalue weighted by Gasteiger charge is -2.24. The van der Waals surface area contributed by atoms with Crippen LogP contribution in [0.1, 0.15) is 26.3 Å². The number of carbonyl (C=O) groups excluding carboxylic acids is 2. The predicted octanol–water partition coefficient (Wildman–Crippen LogP) is 1.77. The number of ether oxygens (including phenoxy) is 4. The van der Waals surface area contributed by atoms with Gasteiger partial charge in [-0.3, -0.25) is 4.79 Å². The van der Waals surface area contributed by atoms with E-state index in [1.807, 2.05) is 6.92 Å². The summed E-state index contributed by atoms with van der Waals surface area (Å²) in [7, 11) is 1.48. The van der Waals surface area contributed by atoms with E-state index in [1.54, 1.807) is 25.1 Å². The van der Waals surface area contributed by atoms with Crippen LogP contribution in [-0.4, -0.2) is 55.6 Å². The smallest absolute Gasteiger partial charge is 0.407 e. The standard InChI is InChI=1S/C18H25NO8/c1-5-25-14-8-7-12(10-15(14)24-4)9-13(19-18(23)26-6-2)16(17(21)22)27-11(3)20/h7-8,10,13,16H,5-6,9H2,1-4H3,(H,19,23)(H,21,22). The molecular formula is C18H25NO8. The van der Waals surface area contributed by atoms with E-state index in [9.17, 15) is 19.5 Å². The fraction of sp³-hybridized carbons (Fsp3) is 0.500. The molecule has 1 rings (SSSR count). The minimum Gasteiger partial charge on any atom is -0.493 e. The normalized spacial score (nSPS) is 12.4. The highest BCUT2D eigenvalue weighted by atomic mass is 16.6. The highest BCUT2D eigenvalue weighted by molar-refractivity contribution is 5.79. The van der Waals surface area contributed by atoms with Gasteiger partial charge in [0.15, 0.2) is 11.5 Å². The molecule has 1 amide bonds. The molecule has 1 aromatic carbocycles. The van der Waals surface area contributed by atoms with E-state index in [4.69, 9.17) is 18.9 Å². The summed E-state index contributed by atoms with van der Waals surface area (Å²) in [6.45, 7) is 5.12. The van der Waals surface area contributed by atoms with Crippen LogP contribution < -0.4 is 14.8 Å². The number of hydrogen-bond acceptors (Lipinski definition) is 7. The maximum absolute atomic E-state index is 11.8. The van der Waals surface area contributed by atoms with Gasteiger partial charge in [-0.2, -0.15) is 0 Å². The van der Waals surface area contributed by atoms with Gasteiger partial charge in [0, 0.05) is 6.92 Å². The van der Waals surface area contributed by atoms with Crippen molar-refractivity contribution in [3.63, 3.8) is 0 Å². The second kappa shape index (κ2) is 10.9. The molecule has 1 aromatic rings. The Morgan fingerprint density at radius 3 is 2.37 bits per heavy atom. The second-order valence-electron chi connectivity index (χ2n) is 5.46. The third kappa shape index (κ3) is 7.04. The molecule has 0 aliphatic heterocycles. The van der Waals surface area contributed by atoms with Crippen LogP contribution in [0.3, 0.4) is 0 Å². The molecule has 0 saturated heterocycles. The summed E-state index contributed by atoms with van der Waals surface area (Å²) in [5.74, 6) is -1.16. The maximum atomic E-state index is 11.8. The van der Waals surface area contributed by atoms with Crippen molar-refractivity contribution >= 4 is 18.0 Å². The molecule has 0 bridgehead atoms. The lowest BCUT2D eigenvalue weighted by Crippen LogP contribution is -2.50. The molecule has 9 heteroatoms. The van der Waals surface area contributed by atoms with Crippen LogP contribution in [0.25, 0.3) is 0 Å². The Balaban J connectivity index is 3.12. The quantitative estimate of drug-likeness (QED) is 0.587. The third-order valence-corrected chi connectivity index (χ3v) is 3.46. The van der Waals surface area contributed by atoms with Gasteiger partial charge in [0.05, 0.1) is 26.4 Å². The van der Waals surface area contributed by atoms with Gasteiger partial charge in [0.25, 0.3) is 0 Å². The van der Waals surface area contributed by atoms with Crippen LogP contribution in [0.2, 0.25) is 0 Å². The molecule has 2 N–H and O–H groups in total. The lowest BCUT2D eigenvalue weighted by atomic mass is 10.0. The minimum atomic E-state index is -1.58. The molecule has 0 saturated carbocycles. The van der Waals surface area contributed by atoms with Crippen LogP contribution in [0.4, 0.5) is 4.79 Å². The minimum absolute atomic E-state index is 0.0613. The van der Waals surface area contributed by atoms with Crippen molar-refractivity contribution in [2.45, 2.75) is 39.3 Å². The molecule has 2 atom stereocenters. The number of amides is 1. The molecule has 0 fully saturated rings. The number of carbonyl (C=O) groups is 3. The Kier molecular flexibility index (Phi) is 8.91. The summed E-state index contributed by atoms with van der Waals surface area (Å²) in [4.78, 5) is 34.6. The molecule has 0 aromatic heterocycles. The van der Waals surface area contributed by atoms with E-state index in [0.717, 1.165) is 6.92 Å². The SMILES string of the molecule is CCOC(=O)NC(Cc1ccc(OCC)c(OC)c1)C(OC(C)=O)C(=O)O. The number of nitrogens with one attached hydrogen (secondary N) is 1.